The number of morpholine rings is 1. The van der Waals surface area contributed by atoms with Gasteiger partial charge in [0.15, 0.2) is 0 Å². The number of nitrogens with zero attached hydrogens (tertiary/aromatic N) is 2. The van der Waals surface area contributed by atoms with Crippen molar-refractivity contribution in [2.75, 3.05) is 46.6 Å². The van der Waals surface area contributed by atoms with E-state index in [4.69, 9.17) is 14.2 Å². The highest BCUT2D eigenvalue weighted by Crippen LogP contribution is 2.36. The lowest BCUT2D eigenvalue weighted by atomic mass is 10.2. The van der Waals surface area contributed by atoms with Gasteiger partial charge >= 0.3 is 5.97 Å². The molecule has 0 amide bonds. The van der Waals surface area contributed by atoms with Gasteiger partial charge < -0.3 is 19.3 Å². The van der Waals surface area contributed by atoms with E-state index in [2.05, 4.69) is 9.88 Å². The lowest BCUT2D eigenvalue weighted by molar-refractivity contribution is 0.0323. The van der Waals surface area contributed by atoms with E-state index < -0.39 is 5.97 Å². The molecule has 0 saturated carbocycles. The van der Waals surface area contributed by atoms with Gasteiger partial charge in [0.1, 0.15) is 28.0 Å². The third kappa shape index (κ3) is 4.32. The maximum absolute atomic E-state index is 11.3. The minimum atomic E-state index is -0.963. The van der Waals surface area contributed by atoms with Crippen molar-refractivity contribution in [2.24, 2.45) is 0 Å². The number of hydrogen-bond acceptors (Lipinski definition) is 7. The van der Waals surface area contributed by atoms with Crippen LogP contribution in [0.5, 0.6) is 11.5 Å². The van der Waals surface area contributed by atoms with Crippen molar-refractivity contribution < 1.29 is 24.1 Å². The molecule has 2 aromatic rings. The molecule has 26 heavy (non-hydrogen) atoms. The first kappa shape index (κ1) is 18.6. The first-order valence-electron chi connectivity index (χ1n) is 8.40. The molecule has 0 aliphatic carbocycles. The highest BCUT2D eigenvalue weighted by atomic mass is 32.1. The summed E-state index contributed by atoms with van der Waals surface area (Å²) >= 11 is 1.15. The van der Waals surface area contributed by atoms with Crippen molar-refractivity contribution in [2.45, 2.75) is 6.92 Å². The summed E-state index contributed by atoms with van der Waals surface area (Å²) < 4.78 is 16.6. The predicted octanol–water partition coefficient (Wildman–Crippen LogP) is 2.54. The Hall–Kier alpha value is -2.16. The van der Waals surface area contributed by atoms with E-state index in [9.17, 15) is 9.90 Å². The van der Waals surface area contributed by atoms with Gasteiger partial charge in [0.2, 0.25) is 0 Å². The van der Waals surface area contributed by atoms with E-state index in [0.29, 0.717) is 28.8 Å². The topological polar surface area (TPSA) is 81.1 Å². The molecular weight excluding hydrogens is 356 g/mol. The van der Waals surface area contributed by atoms with Gasteiger partial charge in [-0.25, -0.2) is 9.78 Å². The van der Waals surface area contributed by atoms with Gasteiger partial charge in [0.05, 0.1) is 31.6 Å². The Morgan fingerprint density at radius 1 is 1.38 bits per heavy atom. The quantitative estimate of drug-likeness (QED) is 0.793. The lowest BCUT2D eigenvalue weighted by Gasteiger charge is -2.26. The third-order valence-corrected chi connectivity index (χ3v) is 5.36. The summed E-state index contributed by atoms with van der Waals surface area (Å²) in [5.41, 5.74) is 1.28. The number of rotatable bonds is 7. The van der Waals surface area contributed by atoms with Crippen LogP contribution in [0.25, 0.3) is 10.6 Å². The van der Waals surface area contributed by atoms with Crippen LogP contribution in [0, 0.1) is 6.92 Å². The zero-order chi connectivity index (χ0) is 18.5. The SMILES string of the molecule is COc1ccc(-c2nc(C)c(C(=O)O)s2)c(OCCN2CCOCC2)c1. The Bertz CT molecular complexity index is 771. The van der Waals surface area contributed by atoms with Crippen LogP contribution in [-0.4, -0.2) is 67.5 Å². The first-order chi connectivity index (χ1) is 12.6. The average molecular weight is 378 g/mol. The summed E-state index contributed by atoms with van der Waals surface area (Å²) in [5, 5.41) is 9.90. The number of methoxy groups -OCH3 is 1. The summed E-state index contributed by atoms with van der Waals surface area (Å²) in [6, 6.07) is 5.49. The Labute approximate surface area is 156 Å². The van der Waals surface area contributed by atoms with E-state index >= 15 is 0 Å². The number of aryl methyl sites for hydroxylation is 1. The molecule has 0 unspecified atom stereocenters. The van der Waals surface area contributed by atoms with Crippen molar-refractivity contribution in [3.8, 4) is 22.1 Å². The molecule has 3 rings (SSSR count). The van der Waals surface area contributed by atoms with Gasteiger partial charge in [-0.3, -0.25) is 4.90 Å². The van der Waals surface area contributed by atoms with Crippen LogP contribution >= 0.6 is 11.3 Å². The fourth-order valence-corrected chi connectivity index (χ4v) is 3.68. The molecule has 1 saturated heterocycles. The lowest BCUT2D eigenvalue weighted by Crippen LogP contribution is -2.38. The normalized spacial score (nSPS) is 15.0. The third-order valence-electron chi connectivity index (χ3n) is 4.18. The molecule has 1 aliphatic rings. The number of benzene rings is 1. The second-order valence-electron chi connectivity index (χ2n) is 5.90. The van der Waals surface area contributed by atoms with E-state index in [-0.39, 0.29) is 4.88 Å². The number of aromatic carboxylic acids is 1. The molecule has 1 aliphatic heterocycles. The van der Waals surface area contributed by atoms with Crippen LogP contribution < -0.4 is 9.47 Å². The van der Waals surface area contributed by atoms with Gasteiger partial charge in [-0.05, 0) is 19.1 Å². The van der Waals surface area contributed by atoms with E-state index in [1.807, 2.05) is 18.2 Å². The predicted molar refractivity (Wildman–Crippen MR) is 98.6 cm³/mol. The molecule has 0 bridgehead atoms. The summed E-state index contributed by atoms with van der Waals surface area (Å²) in [4.78, 5) is 18.2. The Morgan fingerprint density at radius 2 is 2.15 bits per heavy atom. The Balaban J connectivity index is 1.78. The van der Waals surface area contributed by atoms with Crippen LogP contribution in [0.1, 0.15) is 15.4 Å². The molecule has 1 fully saturated rings. The number of carboxylic acids is 1. The number of carboxylic acid groups (broad SMARTS) is 1. The van der Waals surface area contributed by atoms with E-state index in [1.54, 1.807) is 14.0 Å². The second-order valence-corrected chi connectivity index (χ2v) is 6.90. The molecule has 1 N–H and O–H groups in total. The van der Waals surface area contributed by atoms with Gasteiger partial charge in [0.25, 0.3) is 0 Å². The highest BCUT2D eigenvalue weighted by molar-refractivity contribution is 7.17. The largest absolute Gasteiger partial charge is 0.497 e. The summed E-state index contributed by atoms with van der Waals surface area (Å²) in [7, 11) is 1.60. The molecule has 0 spiro atoms. The van der Waals surface area contributed by atoms with Crippen LogP contribution in [0.2, 0.25) is 0 Å². The summed E-state index contributed by atoms with van der Waals surface area (Å²) in [6.07, 6.45) is 0. The summed E-state index contributed by atoms with van der Waals surface area (Å²) in [5.74, 6) is 0.361. The van der Waals surface area contributed by atoms with Crippen LogP contribution in [0.4, 0.5) is 0 Å². The molecular formula is C18H22N2O5S. The van der Waals surface area contributed by atoms with E-state index in [1.165, 1.54) is 0 Å². The molecule has 7 nitrogen and oxygen atoms in total. The number of ether oxygens (including phenoxy) is 3. The van der Waals surface area contributed by atoms with Gasteiger partial charge in [-0.1, -0.05) is 0 Å². The van der Waals surface area contributed by atoms with Crippen molar-refractivity contribution in [3.05, 3.63) is 28.8 Å². The van der Waals surface area contributed by atoms with Crippen molar-refractivity contribution in [3.63, 3.8) is 0 Å². The number of hydrogen-bond donors (Lipinski definition) is 1. The van der Waals surface area contributed by atoms with Crippen LogP contribution in [-0.2, 0) is 4.74 Å². The van der Waals surface area contributed by atoms with Gasteiger partial charge in [0, 0.05) is 25.7 Å². The maximum atomic E-state index is 11.3. The van der Waals surface area contributed by atoms with Crippen molar-refractivity contribution >= 4 is 17.3 Å². The minimum Gasteiger partial charge on any atom is -0.497 e. The summed E-state index contributed by atoms with van der Waals surface area (Å²) in [6.45, 7) is 6.34. The van der Waals surface area contributed by atoms with Crippen LogP contribution in [0.3, 0.4) is 0 Å². The monoisotopic (exact) mass is 378 g/mol. The molecule has 0 atom stereocenters. The Kier molecular flexibility index (Phi) is 6.08. The molecule has 1 aromatic heterocycles. The molecule has 1 aromatic carbocycles. The number of thiazole rings is 1. The van der Waals surface area contributed by atoms with Gasteiger partial charge in [-0.15, -0.1) is 11.3 Å². The first-order valence-corrected chi connectivity index (χ1v) is 9.22. The van der Waals surface area contributed by atoms with Crippen molar-refractivity contribution in [1.29, 1.82) is 0 Å². The second kappa shape index (κ2) is 8.48. The molecule has 140 valence electrons. The standard InChI is InChI=1S/C18H22N2O5S/c1-12-16(18(21)22)26-17(19-12)14-4-3-13(23-2)11-15(14)25-10-7-20-5-8-24-9-6-20/h3-4,11H,5-10H2,1-2H3,(H,21,22). The maximum Gasteiger partial charge on any atom is 0.347 e. The number of carbonyl (C=O) groups is 1. The van der Waals surface area contributed by atoms with Gasteiger partial charge in [-0.2, -0.15) is 0 Å². The Morgan fingerprint density at radius 3 is 2.81 bits per heavy atom. The zero-order valence-corrected chi connectivity index (χ0v) is 15.7. The van der Waals surface area contributed by atoms with Crippen LogP contribution in [0.15, 0.2) is 18.2 Å². The highest BCUT2D eigenvalue weighted by Gasteiger charge is 2.18. The zero-order valence-electron chi connectivity index (χ0n) is 14.9. The number of aromatic nitrogens is 1. The molecule has 8 heteroatoms. The fourth-order valence-electron chi connectivity index (χ4n) is 2.75. The molecule has 0 radical (unpaired) electrons. The average Bonchev–Trinajstić information content (AvgIpc) is 3.04. The molecule has 2 heterocycles. The van der Waals surface area contributed by atoms with Crippen molar-refractivity contribution in [1.82, 2.24) is 9.88 Å². The fraction of sp³-hybridized carbons (Fsp3) is 0.444. The van der Waals surface area contributed by atoms with E-state index in [0.717, 1.165) is 49.7 Å². The smallest absolute Gasteiger partial charge is 0.347 e. The minimum absolute atomic E-state index is 0.245.